The van der Waals surface area contributed by atoms with E-state index in [0.29, 0.717) is 37.3 Å². The van der Waals surface area contributed by atoms with Crippen molar-refractivity contribution in [3.63, 3.8) is 0 Å². The summed E-state index contributed by atoms with van der Waals surface area (Å²) >= 11 is 17.1. The fraction of sp³-hybridized carbons (Fsp3) is 0. The lowest BCUT2D eigenvalue weighted by Crippen LogP contribution is -2.28. The molecule has 0 spiro atoms. The largest absolute Gasteiger partial charge is 0.618 e. The van der Waals surface area contributed by atoms with Gasteiger partial charge in [-0.2, -0.15) is 4.73 Å². The fourth-order valence-electron chi connectivity index (χ4n) is 2.36. The van der Waals surface area contributed by atoms with Crippen LogP contribution in [-0.4, -0.2) is 15.0 Å². The predicted octanol–water partition coefficient (Wildman–Crippen LogP) is 5.76. The molecule has 0 N–H and O–H groups in total. The summed E-state index contributed by atoms with van der Waals surface area (Å²) in [6, 6.07) is 8.92. The molecule has 0 amide bonds. The van der Waals surface area contributed by atoms with Crippen molar-refractivity contribution >= 4 is 34.8 Å². The van der Waals surface area contributed by atoms with Gasteiger partial charge in [0.1, 0.15) is 21.8 Å². The second-order valence-corrected chi connectivity index (χ2v) is 7.01. The summed E-state index contributed by atoms with van der Waals surface area (Å²) in [5.74, 6) is -0.900. The van der Waals surface area contributed by atoms with E-state index in [1.807, 2.05) is 0 Å². The molecule has 152 valence electrons. The quantitative estimate of drug-likeness (QED) is 0.213. The number of rotatable bonds is 2. The minimum atomic E-state index is -0.484. The first kappa shape index (κ1) is 21.8. The molecule has 0 saturated carbocycles. The molecule has 5 nitrogen and oxygen atoms in total. The molecular weight excluding hydrogens is 457 g/mol. The Labute approximate surface area is 185 Å². The second-order valence-electron chi connectivity index (χ2n) is 5.81. The van der Waals surface area contributed by atoms with Gasteiger partial charge in [-0.15, -0.1) is 0 Å². The zero-order chi connectivity index (χ0) is 21.7. The third-order valence-corrected chi connectivity index (χ3v) is 4.60. The Balaban J connectivity index is 0.000000171. The lowest BCUT2D eigenvalue weighted by atomic mass is 10.2. The normalized spacial score (nSPS) is 10.3. The highest BCUT2D eigenvalue weighted by Crippen LogP contribution is 2.24. The van der Waals surface area contributed by atoms with Crippen molar-refractivity contribution in [2.24, 2.45) is 0 Å². The van der Waals surface area contributed by atoms with Crippen LogP contribution in [0, 0.1) is 16.8 Å². The molecule has 0 atom stereocenters. The molecule has 0 bridgehead atoms. The average Bonchev–Trinajstić information content (AvgIpc) is 2.70. The first-order valence-electron chi connectivity index (χ1n) is 8.26. The molecule has 0 aliphatic rings. The molecule has 0 unspecified atom stereocenters. The van der Waals surface area contributed by atoms with Crippen molar-refractivity contribution in [1.82, 2.24) is 15.0 Å². The van der Waals surface area contributed by atoms with Gasteiger partial charge < -0.3 is 5.21 Å². The van der Waals surface area contributed by atoms with E-state index in [1.165, 1.54) is 36.8 Å². The zero-order valence-electron chi connectivity index (χ0n) is 14.9. The van der Waals surface area contributed by atoms with Crippen LogP contribution in [0.15, 0.2) is 67.4 Å². The Morgan fingerprint density at radius 1 is 0.800 bits per heavy atom. The standard InChI is InChI=1S/C10H5Cl2FN2.C10H6ClFN2O/c11-8-1-2-9(15-10(8)12)6-3-7(13)5-14-4-6;11-8-1-2-10(14(15)6-8)7-3-9(12)5-13-4-7/h1-5H;1-6H. The first-order chi connectivity index (χ1) is 14.3. The van der Waals surface area contributed by atoms with Crippen molar-refractivity contribution in [2.75, 3.05) is 0 Å². The Kier molecular flexibility index (Phi) is 7.10. The van der Waals surface area contributed by atoms with Crippen molar-refractivity contribution in [2.45, 2.75) is 0 Å². The van der Waals surface area contributed by atoms with E-state index in [9.17, 15) is 14.0 Å². The molecule has 0 radical (unpaired) electrons. The minimum Gasteiger partial charge on any atom is -0.618 e. The van der Waals surface area contributed by atoms with Gasteiger partial charge in [-0.3, -0.25) is 9.97 Å². The van der Waals surface area contributed by atoms with Gasteiger partial charge in [-0.1, -0.05) is 34.8 Å². The Morgan fingerprint density at radius 3 is 2.03 bits per heavy atom. The number of hydrogen-bond donors (Lipinski definition) is 0. The van der Waals surface area contributed by atoms with E-state index in [4.69, 9.17) is 34.8 Å². The maximum atomic E-state index is 12.9. The van der Waals surface area contributed by atoms with E-state index < -0.39 is 11.6 Å². The van der Waals surface area contributed by atoms with Crippen LogP contribution >= 0.6 is 34.8 Å². The maximum Gasteiger partial charge on any atom is 0.225 e. The van der Waals surface area contributed by atoms with Gasteiger partial charge in [-0.25, -0.2) is 13.8 Å². The predicted molar refractivity (Wildman–Crippen MR) is 111 cm³/mol. The van der Waals surface area contributed by atoms with Crippen molar-refractivity contribution in [3.8, 4) is 22.5 Å². The highest BCUT2D eigenvalue weighted by molar-refractivity contribution is 6.41. The summed E-state index contributed by atoms with van der Waals surface area (Å²) in [4.78, 5) is 11.4. The van der Waals surface area contributed by atoms with Gasteiger partial charge in [-0.05, 0) is 30.3 Å². The van der Waals surface area contributed by atoms with E-state index in [1.54, 1.807) is 18.2 Å². The molecule has 0 saturated heterocycles. The zero-order valence-corrected chi connectivity index (χ0v) is 17.2. The van der Waals surface area contributed by atoms with Crippen LogP contribution in [0.4, 0.5) is 8.78 Å². The number of pyridine rings is 4. The van der Waals surface area contributed by atoms with Crippen molar-refractivity contribution < 1.29 is 13.5 Å². The average molecular weight is 468 g/mol. The lowest BCUT2D eigenvalue weighted by molar-refractivity contribution is -0.593. The number of aromatic nitrogens is 4. The molecule has 0 aromatic carbocycles. The smallest absolute Gasteiger partial charge is 0.225 e. The van der Waals surface area contributed by atoms with Crippen molar-refractivity contribution in [1.29, 1.82) is 0 Å². The molecule has 4 heterocycles. The van der Waals surface area contributed by atoms with Crippen LogP contribution in [0.1, 0.15) is 0 Å². The second kappa shape index (κ2) is 9.75. The van der Waals surface area contributed by atoms with Gasteiger partial charge in [0.05, 0.1) is 28.7 Å². The number of nitrogens with zero attached hydrogens (tertiary/aromatic N) is 4. The van der Waals surface area contributed by atoms with Gasteiger partial charge in [0.25, 0.3) is 0 Å². The molecule has 30 heavy (non-hydrogen) atoms. The summed E-state index contributed by atoms with van der Waals surface area (Å²) in [5, 5.41) is 12.3. The molecule has 0 aliphatic heterocycles. The van der Waals surface area contributed by atoms with Crippen LogP contribution in [-0.2, 0) is 0 Å². The molecule has 4 aromatic rings. The molecule has 4 rings (SSSR count). The van der Waals surface area contributed by atoms with Gasteiger partial charge in [0.15, 0.2) is 6.20 Å². The van der Waals surface area contributed by atoms with Crippen LogP contribution in [0.2, 0.25) is 15.2 Å². The van der Waals surface area contributed by atoms with E-state index >= 15 is 0 Å². The number of hydrogen-bond acceptors (Lipinski definition) is 4. The van der Waals surface area contributed by atoms with E-state index in [2.05, 4.69) is 15.0 Å². The summed E-state index contributed by atoms with van der Waals surface area (Å²) in [5.41, 5.74) is 1.83. The Hall–Kier alpha value is -2.87. The summed E-state index contributed by atoms with van der Waals surface area (Å²) < 4.78 is 26.3. The summed E-state index contributed by atoms with van der Waals surface area (Å²) in [6.07, 6.45) is 6.34. The third-order valence-electron chi connectivity index (χ3n) is 3.68. The molecule has 4 aromatic heterocycles. The SMILES string of the molecule is Fc1cncc(-c2ccc(Cl)c(Cl)n2)c1.[O-][n+]1cc(Cl)ccc1-c1cncc(F)c1. The monoisotopic (exact) mass is 466 g/mol. The summed E-state index contributed by atoms with van der Waals surface area (Å²) in [6.45, 7) is 0. The fourth-order valence-corrected chi connectivity index (χ4v) is 2.77. The molecule has 0 aliphatic carbocycles. The minimum absolute atomic E-state index is 0.193. The van der Waals surface area contributed by atoms with Crippen LogP contribution in [0.25, 0.3) is 22.5 Å². The van der Waals surface area contributed by atoms with Crippen LogP contribution < -0.4 is 4.73 Å². The summed E-state index contributed by atoms with van der Waals surface area (Å²) in [7, 11) is 0. The van der Waals surface area contributed by atoms with Crippen LogP contribution in [0.3, 0.4) is 0 Å². The highest BCUT2D eigenvalue weighted by Gasteiger charge is 2.10. The molecule has 10 heteroatoms. The Bertz CT molecular complexity index is 1190. The Morgan fingerprint density at radius 2 is 1.43 bits per heavy atom. The molecule has 0 fully saturated rings. The van der Waals surface area contributed by atoms with E-state index in [-0.39, 0.29) is 5.15 Å². The van der Waals surface area contributed by atoms with Crippen molar-refractivity contribution in [3.05, 3.63) is 99.4 Å². The maximum absolute atomic E-state index is 12.9. The molecular formula is C20H11Cl3F2N4O. The van der Waals surface area contributed by atoms with Crippen LogP contribution in [0.5, 0.6) is 0 Å². The van der Waals surface area contributed by atoms with Gasteiger partial charge in [0.2, 0.25) is 5.69 Å². The highest BCUT2D eigenvalue weighted by atomic mass is 35.5. The van der Waals surface area contributed by atoms with Gasteiger partial charge in [0, 0.05) is 24.0 Å². The first-order valence-corrected chi connectivity index (χ1v) is 9.39. The van der Waals surface area contributed by atoms with E-state index in [0.717, 1.165) is 12.4 Å². The topological polar surface area (TPSA) is 65.6 Å². The third kappa shape index (κ3) is 5.60. The number of halogens is 5. The lowest BCUT2D eigenvalue weighted by Gasteiger charge is -2.03. The van der Waals surface area contributed by atoms with Gasteiger partial charge >= 0.3 is 0 Å².